The zero-order valence-corrected chi connectivity index (χ0v) is 16.0. The van der Waals surface area contributed by atoms with Gasteiger partial charge in [0, 0.05) is 11.6 Å². The van der Waals surface area contributed by atoms with Gasteiger partial charge < -0.3 is 14.5 Å². The highest BCUT2D eigenvalue weighted by molar-refractivity contribution is 6.30. The first kappa shape index (κ1) is 18.8. The van der Waals surface area contributed by atoms with E-state index in [1.807, 2.05) is 30.3 Å². The van der Waals surface area contributed by atoms with Crippen molar-refractivity contribution in [3.63, 3.8) is 0 Å². The fourth-order valence-electron chi connectivity index (χ4n) is 2.62. The second-order valence-corrected chi connectivity index (χ2v) is 6.56. The number of nitrogens with zero attached hydrogens (tertiary/aromatic N) is 3. The van der Waals surface area contributed by atoms with Crippen LogP contribution in [0.15, 0.2) is 77.4 Å². The molecule has 0 unspecified atom stereocenters. The van der Waals surface area contributed by atoms with Gasteiger partial charge in [0.05, 0.1) is 6.26 Å². The number of rotatable bonds is 7. The van der Waals surface area contributed by atoms with Crippen LogP contribution in [-0.4, -0.2) is 27.3 Å². The lowest BCUT2D eigenvalue weighted by atomic mass is 10.2. The van der Waals surface area contributed by atoms with Crippen molar-refractivity contribution >= 4 is 23.5 Å². The molecule has 0 aliphatic carbocycles. The van der Waals surface area contributed by atoms with Gasteiger partial charge in [-0.05, 0) is 42.0 Å². The van der Waals surface area contributed by atoms with E-state index in [0.29, 0.717) is 34.8 Å². The number of carbonyl (C=O) groups is 1. The number of halogens is 1. The molecule has 1 N–H and O–H groups in total. The Kier molecular flexibility index (Phi) is 5.58. The molecule has 0 saturated carbocycles. The van der Waals surface area contributed by atoms with Crippen LogP contribution < -0.4 is 10.1 Å². The van der Waals surface area contributed by atoms with Crippen molar-refractivity contribution in [3.05, 3.63) is 83.6 Å². The van der Waals surface area contributed by atoms with Gasteiger partial charge >= 0.3 is 0 Å². The van der Waals surface area contributed by atoms with Crippen LogP contribution in [0.1, 0.15) is 10.4 Å². The number of anilines is 1. The first-order chi connectivity index (χ1) is 14.2. The quantitative estimate of drug-likeness (QED) is 0.484. The van der Waals surface area contributed by atoms with Crippen molar-refractivity contribution in [1.82, 2.24) is 14.8 Å². The third kappa shape index (κ3) is 4.64. The van der Waals surface area contributed by atoms with Gasteiger partial charge in [0.25, 0.3) is 5.91 Å². The topological polar surface area (TPSA) is 82.2 Å². The molecule has 8 heteroatoms. The lowest BCUT2D eigenvalue weighted by Crippen LogP contribution is -2.22. The standard InChI is InChI=1S/C21H17ClN4O3/c22-16-10-8-15(9-11-16)13-23-21-24-20(18-7-4-12-28-18)25-26(21)19(27)14-29-17-5-2-1-3-6-17/h1-12H,13-14H2,(H,23,24,25). The minimum Gasteiger partial charge on any atom is -0.484 e. The molecule has 0 bridgehead atoms. The summed E-state index contributed by atoms with van der Waals surface area (Å²) in [5.74, 6) is 1.31. The Bertz CT molecular complexity index is 1080. The van der Waals surface area contributed by atoms with Crippen LogP contribution in [0.3, 0.4) is 0 Å². The molecule has 4 aromatic rings. The van der Waals surface area contributed by atoms with Crippen LogP contribution in [0.5, 0.6) is 5.75 Å². The Morgan fingerprint density at radius 1 is 1.07 bits per heavy atom. The van der Waals surface area contributed by atoms with E-state index in [0.717, 1.165) is 5.56 Å². The SMILES string of the molecule is O=C(COc1ccccc1)n1nc(-c2ccco2)nc1NCc1ccc(Cl)cc1. The first-order valence-electron chi connectivity index (χ1n) is 8.89. The van der Waals surface area contributed by atoms with Crippen molar-refractivity contribution in [1.29, 1.82) is 0 Å². The van der Waals surface area contributed by atoms with Gasteiger partial charge in [0.15, 0.2) is 12.4 Å². The van der Waals surface area contributed by atoms with Gasteiger partial charge in [-0.15, -0.1) is 5.10 Å². The van der Waals surface area contributed by atoms with Crippen molar-refractivity contribution in [2.45, 2.75) is 6.54 Å². The number of para-hydroxylation sites is 1. The number of furan rings is 1. The van der Waals surface area contributed by atoms with Crippen molar-refractivity contribution in [3.8, 4) is 17.3 Å². The van der Waals surface area contributed by atoms with Crippen LogP contribution in [0.25, 0.3) is 11.6 Å². The van der Waals surface area contributed by atoms with Crippen LogP contribution in [0, 0.1) is 0 Å². The molecule has 29 heavy (non-hydrogen) atoms. The van der Waals surface area contributed by atoms with Gasteiger partial charge in [-0.1, -0.05) is 41.9 Å². The molecular weight excluding hydrogens is 392 g/mol. The molecule has 2 aromatic heterocycles. The van der Waals surface area contributed by atoms with Crippen LogP contribution >= 0.6 is 11.6 Å². The molecule has 0 aliphatic rings. The zero-order chi connectivity index (χ0) is 20.1. The number of hydrogen-bond donors (Lipinski definition) is 1. The van der Waals surface area contributed by atoms with E-state index >= 15 is 0 Å². The molecule has 7 nitrogen and oxygen atoms in total. The van der Waals surface area contributed by atoms with E-state index in [1.54, 1.807) is 36.4 Å². The number of hydrogen-bond acceptors (Lipinski definition) is 6. The smallest absolute Gasteiger partial charge is 0.287 e. The fraction of sp³-hybridized carbons (Fsp3) is 0.0952. The number of carbonyl (C=O) groups excluding carboxylic acids is 1. The molecular formula is C21H17ClN4O3. The maximum absolute atomic E-state index is 12.7. The predicted octanol–water partition coefficient (Wildman–Crippen LogP) is 4.52. The summed E-state index contributed by atoms with van der Waals surface area (Å²) in [6.45, 7) is 0.265. The highest BCUT2D eigenvalue weighted by Gasteiger charge is 2.19. The fourth-order valence-corrected chi connectivity index (χ4v) is 2.74. The molecule has 0 aliphatic heterocycles. The summed E-state index contributed by atoms with van der Waals surface area (Å²) in [5, 5.41) is 8.09. The Morgan fingerprint density at radius 3 is 2.59 bits per heavy atom. The Morgan fingerprint density at radius 2 is 1.86 bits per heavy atom. The highest BCUT2D eigenvalue weighted by atomic mass is 35.5. The molecule has 2 aromatic carbocycles. The highest BCUT2D eigenvalue weighted by Crippen LogP contribution is 2.19. The minimum absolute atomic E-state index is 0.180. The second-order valence-electron chi connectivity index (χ2n) is 6.12. The zero-order valence-electron chi connectivity index (χ0n) is 15.3. The lowest BCUT2D eigenvalue weighted by molar-refractivity contribution is 0.0824. The summed E-state index contributed by atoms with van der Waals surface area (Å²) < 4.78 is 12.1. The monoisotopic (exact) mass is 408 g/mol. The van der Waals surface area contributed by atoms with Gasteiger partial charge in [0.2, 0.25) is 11.8 Å². The van der Waals surface area contributed by atoms with Crippen molar-refractivity contribution < 1.29 is 13.9 Å². The van der Waals surface area contributed by atoms with Crippen LogP contribution in [-0.2, 0) is 6.54 Å². The number of benzene rings is 2. The molecule has 0 spiro atoms. The van der Waals surface area contributed by atoms with Gasteiger partial charge in [-0.3, -0.25) is 4.79 Å². The van der Waals surface area contributed by atoms with E-state index in [2.05, 4.69) is 15.4 Å². The normalized spacial score (nSPS) is 10.7. The lowest BCUT2D eigenvalue weighted by Gasteiger charge is -2.08. The van der Waals surface area contributed by atoms with E-state index in [-0.39, 0.29) is 12.5 Å². The second kappa shape index (κ2) is 8.62. The van der Waals surface area contributed by atoms with Crippen LogP contribution in [0.2, 0.25) is 5.02 Å². The van der Waals surface area contributed by atoms with Gasteiger partial charge in [-0.25, -0.2) is 0 Å². The Labute approximate surface area is 171 Å². The number of aromatic nitrogens is 3. The summed E-state index contributed by atoms with van der Waals surface area (Å²) in [7, 11) is 0. The maximum Gasteiger partial charge on any atom is 0.287 e. The number of nitrogens with one attached hydrogen (secondary N) is 1. The maximum atomic E-state index is 12.7. The summed E-state index contributed by atoms with van der Waals surface area (Å²) >= 11 is 5.93. The molecule has 4 rings (SSSR count). The van der Waals surface area contributed by atoms with Gasteiger partial charge in [-0.2, -0.15) is 9.67 Å². The predicted molar refractivity (Wildman–Crippen MR) is 109 cm³/mol. The third-order valence-electron chi connectivity index (χ3n) is 4.05. The molecule has 0 radical (unpaired) electrons. The summed E-state index contributed by atoms with van der Waals surface area (Å²) in [6, 6.07) is 20.0. The van der Waals surface area contributed by atoms with E-state index in [1.165, 1.54) is 10.9 Å². The molecule has 2 heterocycles. The molecule has 0 amide bonds. The van der Waals surface area contributed by atoms with E-state index in [4.69, 9.17) is 20.8 Å². The largest absolute Gasteiger partial charge is 0.484 e. The van der Waals surface area contributed by atoms with E-state index in [9.17, 15) is 4.79 Å². The third-order valence-corrected chi connectivity index (χ3v) is 4.31. The average Bonchev–Trinajstić information content (AvgIpc) is 3.42. The molecule has 146 valence electrons. The average molecular weight is 409 g/mol. The Hall–Kier alpha value is -3.58. The summed E-state index contributed by atoms with van der Waals surface area (Å²) in [5.41, 5.74) is 0.983. The first-order valence-corrected chi connectivity index (χ1v) is 9.27. The van der Waals surface area contributed by atoms with E-state index < -0.39 is 0 Å². The Balaban J connectivity index is 1.53. The van der Waals surface area contributed by atoms with Crippen LogP contribution in [0.4, 0.5) is 5.95 Å². The molecule has 0 saturated heterocycles. The van der Waals surface area contributed by atoms with Crippen molar-refractivity contribution in [2.75, 3.05) is 11.9 Å². The summed E-state index contributed by atoms with van der Waals surface area (Å²) in [6.07, 6.45) is 1.52. The molecule has 0 fully saturated rings. The number of ether oxygens (including phenoxy) is 1. The molecule has 0 atom stereocenters. The summed E-state index contributed by atoms with van der Waals surface area (Å²) in [4.78, 5) is 17.1. The minimum atomic E-state index is -0.363. The van der Waals surface area contributed by atoms with Crippen molar-refractivity contribution in [2.24, 2.45) is 0 Å². The van der Waals surface area contributed by atoms with Gasteiger partial charge in [0.1, 0.15) is 5.75 Å².